The van der Waals surface area contributed by atoms with E-state index in [1.165, 1.54) is 0 Å². The Bertz CT molecular complexity index is 452. The van der Waals surface area contributed by atoms with Crippen LogP contribution in [0.4, 0.5) is 5.82 Å². The summed E-state index contributed by atoms with van der Waals surface area (Å²) in [7, 11) is 0. The Balaban J connectivity index is 0.00000220. The van der Waals surface area contributed by atoms with Crippen LogP contribution in [0.2, 0.25) is 0 Å². The zero-order valence-electron chi connectivity index (χ0n) is 12.9. The highest BCUT2D eigenvalue weighted by atomic mass is 35.5. The van der Waals surface area contributed by atoms with E-state index in [2.05, 4.69) is 41.6 Å². The van der Waals surface area contributed by atoms with Crippen molar-refractivity contribution in [3.8, 4) is 0 Å². The lowest BCUT2D eigenvalue weighted by Gasteiger charge is -2.22. The van der Waals surface area contributed by atoms with E-state index in [0.717, 1.165) is 30.2 Å². The third-order valence-electron chi connectivity index (χ3n) is 3.05. The molecular formula is C14H25ClN4OS. The SMILES string of the molecule is CC(C)(C)Cc1cc(NC(=O)CC2CSCCN2)n[nH]1.Cl. The van der Waals surface area contributed by atoms with Gasteiger partial charge in [-0.05, 0) is 11.8 Å². The summed E-state index contributed by atoms with van der Waals surface area (Å²) >= 11 is 1.90. The summed E-state index contributed by atoms with van der Waals surface area (Å²) < 4.78 is 0. The first-order valence-corrected chi connectivity index (χ1v) is 8.23. The Labute approximate surface area is 136 Å². The molecule has 5 nitrogen and oxygen atoms in total. The number of aromatic amines is 1. The maximum absolute atomic E-state index is 12.0. The predicted octanol–water partition coefficient (Wildman–Crippen LogP) is 2.45. The smallest absolute Gasteiger partial charge is 0.227 e. The van der Waals surface area contributed by atoms with E-state index in [1.54, 1.807) is 0 Å². The van der Waals surface area contributed by atoms with E-state index in [0.29, 0.717) is 12.2 Å². The second-order valence-electron chi connectivity index (χ2n) is 6.49. The van der Waals surface area contributed by atoms with E-state index in [9.17, 15) is 4.79 Å². The van der Waals surface area contributed by atoms with Crippen LogP contribution >= 0.6 is 24.2 Å². The fraction of sp³-hybridized carbons (Fsp3) is 0.714. The van der Waals surface area contributed by atoms with Gasteiger partial charge in [-0.3, -0.25) is 9.89 Å². The average molecular weight is 333 g/mol. The summed E-state index contributed by atoms with van der Waals surface area (Å²) in [6.07, 6.45) is 1.42. The first-order chi connectivity index (χ1) is 9.42. The lowest BCUT2D eigenvalue weighted by atomic mass is 9.91. The molecule has 0 aromatic carbocycles. The summed E-state index contributed by atoms with van der Waals surface area (Å²) in [5, 5.41) is 13.4. The zero-order valence-corrected chi connectivity index (χ0v) is 14.5. The van der Waals surface area contributed by atoms with Crippen LogP contribution in [0.15, 0.2) is 6.07 Å². The fourth-order valence-corrected chi connectivity index (χ4v) is 3.21. The van der Waals surface area contributed by atoms with Gasteiger partial charge < -0.3 is 10.6 Å². The minimum atomic E-state index is 0. The molecule has 1 amide bonds. The molecule has 0 aliphatic carbocycles. The predicted molar refractivity (Wildman–Crippen MR) is 91.4 cm³/mol. The lowest BCUT2D eigenvalue weighted by molar-refractivity contribution is -0.116. The molecular weight excluding hydrogens is 308 g/mol. The van der Waals surface area contributed by atoms with Gasteiger partial charge in [-0.2, -0.15) is 16.9 Å². The summed E-state index contributed by atoms with van der Waals surface area (Å²) in [6, 6.07) is 2.20. The van der Waals surface area contributed by atoms with Crippen LogP contribution in [0.25, 0.3) is 0 Å². The van der Waals surface area contributed by atoms with Crippen molar-refractivity contribution in [2.24, 2.45) is 5.41 Å². The Kier molecular flexibility index (Phi) is 7.03. The Morgan fingerprint density at radius 2 is 2.29 bits per heavy atom. The number of thioether (sulfide) groups is 1. The van der Waals surface area contributed by atoms with Gasteiger partial charge in [-0.15, -0.1) is 12.4 Å². The molecule has 7 heteroatoms. The van der Waals surface area contributed by atoms with Crippen molar-refractivity contribution in [3.63, 3.8) is 0 Å². The van der Waals surface area contributed by atoms with Gasteiger partial charge >= 0.3 is 0 Å². The molecule has 0 spiro atoms. The molecule has 1 aliphatic rings. The Hall–Kier alpha value is -0.720. The number of carbonyl (C=O) groups is 1. The van der Waals surface area contributed by atoms with Crippen molar-refractivity contribution in [3.05, 3.63) is 11.8 Å². The third kappa shape index (κ3) is 6.72. The zero-order chi connectivity index (χ0) is 14.6. The Morgan fingerprint density at radius 3 is 2.90 bits per heavy atom. The van der Waals surface area contributed by atoms with Crippen LogP contribution in [0.5, 0.6) is 0 Å². The van der Waals surface area contributed by atoms with Gasteiger partial charge in [0.1, 0.15) is 0 Å². The first-order valence-electron chi connectivity index (χ1n) is 7.08. The van der Waals surface area contributed by atoms with Gasteiger partial charge in [0, 0.05) is 42.3 Å². The number of H-pyrrole nitrogens is 1. The van der Waals surface area contributed by atoms with E-state index in [1.807, 2.05) is 17.8 Å². The molecule has 1 aromatic heterocycles. The number of rotatable bonds is 4. The van der Waals surface area contributed by atoms with Crippen molar-refractivity contribution in [1.82, 2.24) is 15.5 Å². The van der Waals surface area contributed by atoms with Gasteiger partial charge in [0.15, 0.2) is 5.82 Å². The van der Waals surface area contributed by atoms with Gasteiger partial charge in [-0.25, -0.2) is 0 Å². The maximum atomic E-state index is 12.0. The molecule has 21 heavy (non-hydrogen) atoms. The highest BCUT2D eigenvalue weighted by Gasteiger charge is 2.18. The molecule has 1 saturated heterocycles. The number of carbonyl (C=O) groups excluding carboxylic acids is 1. The van der Waals surface area contributed by atoms with Crippen molar-refractivity contribution < 1.29 is 4.79 Å². The molecule has 1 unspecified atom stereocenters. The average Bonchev–Trinajstić information content (AvgIpc) is 2.75. The van der Waals surface area contributed by atoms with Crippen LogP contribution < -0.4 is 10.6 Å². The number of nitrogens with one attached hydrogen (secondary N) is 3. The monoisotopic (exact) mass is 332 g/mol. The second-order valence-corrected chi connectivity index (χ2v) is 7.64. The normalized spacial score (nSPS) is 18.9. The number of anilines is 1. The number of aromatic nitrogens is 2. The molecule has 1 fully saturated rings. The van der Waals surface area contributed by atoms with Crippen molar-refractivity contribution in [2.75, 3.05) is 23.4 Å². The number of hydrogen-bond acceptors (Lipinski definition) is 4. The van der Waals surface area contributed by atoms with Crippen LogP contribution in [-0.2, 0) is 11.2 Å². The summed E-state index contributed by atoms with van der Waals surface area (Å²) in [5.41, 5.74) is 1.26. The highest BCUT2D eigenvalue weighted by Crippen LogP contribution is 2.20. The quantitative estimate of drug-likeness (QED) is 0.792. The molecule has 0 bridgehead atoms. The van der Waals surface area contributed by atoms with E-state index in [4.69, 9.17) is 0 Å². The van der Waals surface area contributed by atoms with Gasteiger partial charge in [0.2, 0.25) is 5.91 Å². The number of amides is 1. The molecule has 0 radical (unpaired) electrons. The number of halogens is 1. The van der Waals surface area contributed by atoms with Gasteiger partial charge in [-0.1, -0.05) is 20.8 Å². The minimum Gasteiger partial charge on any atom is -0.312 e. The number of hydrogen-bond donors (Lipinski definition) is 3. The third-order valence-corrected chi connectivity index (χ3v) is 4.18. The molecule has 0 saturated carbocycles. The standard InChI is InChI=1S/C14H24N4OS.ClH/c1-14(2,3)8-10-6-12(18-17-10)16-13(19)7-11-9-20-5-4-15-11;/h6,11,15H,4-5,7-9H2,1-3H3,(H2,16,17,18,19);1H. The topological polar surface area (TPSA) is 69.8 Å². The van der Waals surface area contributed by atoms with E-state index >= 15 is 0 Å². The van der Waals surface area contributed by atoms with Gasteiger partial charge in [0.05, 0.1) is 0 Å². The fourth-order valence-electron chi connectivity index (χ4n) is 2.26. The summed E-state index contributed by atoms with van der Waals surface area (Å²) in [5.74, 6) is 2.79. The second kappa shape index (κ2) is 8.06. The lowest BCUT2D eigenvalue weighted by Crippen LogP contribution is -2.39. The largest absolute Gasteiger partial charge is 0.312 e. The first kappa shape index (κ1) is 18.3. The van der Waals surface area contributed by atoms with Crippen LogP contribution in [0, 0.1) is 5.41 Å². The molecule has 2 rings (SSSR count). The molecule has 1 atom stereocenters. The van der Waals surface area contributed by atoms with Gasteiger partial charge in [0.25, 0.3) is 0 Å². The molecule has 3 N–H and O–H groups in total. The van der Waals surface area contributed by atoms with E-state index in [-0.39, 0.29) is 29.8 Å². The molecule has 1 aliphatic heterocycles. The summed E-state index contributed by atoms with van der Waals surface area (Å²) in [6.45, 7) is 7.52. The minimum absolute atomic E-state index is 0. The van der Waals surface area contributed by atoms with Crippen molar-refractivity contribution in [1.29, 1.82) is 0 Å². The van der Waals surface area contributed by atoms with E-state index < -0.39 is 0 Å². The van der Waals surface area contributed by atoms with Crippen LogP contribution in [0.1, 0.15) is 32.9 Å². The van der Waals surface area contributed by atoms with Crippen molar-refractivity contribution in [2.45, 2.75) is 39.7 Å². The highest BCUT2D eigenvalue weighted by molar-refractivity contribution is 7.99. The van der Waals surface area contributed by atoms with Crippen molar-refractivity contribution >= 4 is 35.9 Å². The van der Waals surface area contributed by atoms with Crippen LogP contribution in [0.3, 0.4) is 0 Å². The molecule has 1 aromatic rings. The molecule has 120 valence electrons. The number of nitrogens with zero attached hydrogens (tertiary/aromatic N) is 1. The molecule has 2 heterocycles. The Morgan fingerprint density at radius 1 is 1.52 bits per heavy atom. The maximum Gasteiger partial charge on any atom is 0.227 e. The summed E-state index contributed by atoms with van der Waals surface area (Å²) in [4.78, 5) is 12.0. The van der Waals surface area contributed by atoms with Crippen LogP contribution in [-0.4, -0.2) is 40.2 Å².